The lowest BCUT2D eigenvalue weighted by Gasteiger charge is -2.34. The Kier molecular flexibility index (Phi) is 4.41. The number of hydrogen-bond donors (Lipinski definition) is 0. The predicted octanol–water partition coefficient (Wildman–Crippen LogP) is 3.35. The van der Waals surface area contributed by atoms with Gasteiger partial charge in [0.1, 0.15) is 5.15 Å². The third-order valence-corrected chi connectivity index (χ3v) is 4.49. The fraction of sp³-hybridized carbons (Fsp3) is 0.500. The molecular formula is C12H14Cl2N2OS. The van der Waals surface area contributed by atoms with Gasteiger partial charge in [-0.1, -0.05) is 37.0 Å². The number of hydrogen-bond acceptors (Lipinski definition) is 3. The molecule has 6 heteroatoms. The molecule has 1 amide bonds. The topological polar surface area (TPSA) is 33.2 Å². The number of nitrogens with zero attached hydrogens (tertiary/aromatic N) is 2. The zero-order valence-corrected chi connectivity index (χ0v) is 12.5. The summed E-state index contributed by atoms with van der Waals surface area (Å²) in [6.45, 7) is 5.73. The number of aromatic nitrogens is 1. The molecule has 18 heavy (non-hydrogen) atoms. The van der Waals surface area contributed by atoms with Crippen LogP contribution in [0, 0.1) is 0 Å². The summed E-state index contributed by atoms with van der Waals surface area (Å²) in [4.78, 5) is 18.1. The minimum atomic E-state index is -0.0664. The average Bonchev–Trinajstić information content (AvgIpc) is 2.30. The van der Waals surface area contributed by atoms with Crippen molar-refractivity contribution in [3.8, 4) is 0 Å². The van der Waals surface area contributed by atoms with Crippen LogP contribution < -0.4 is 0 Å². The molecular weight excluding hydrogens is 291 g/mol. The molecule has 0 radical (unpaired) electrons. The van der Waals surface area contributed by atoms with E-state index in [-0.39, 0.29) is 11.1 Å². The van der Waals surface area contributed by atoms with Crippen LogP contribution in [0.15, 0.2) is 12.3 Å². The van der Waals surface area contributed by atoms with Gasteiger partial charge in [-0.15, -0.1) is 0 Å². The SMILES string of the molecule is CC1CN(C(=O)c2cc(Cl)ncc2Cl)CC(C)S1. The summed E-state index contributed by atoms with van der Waals surface area (Å²) in [6, 6.07) is 1.53. The van der Waals surface area contributed by atoms with Crippen molar-refractivity contribution >= 4 is 40.9 Å². The lowest BCUT2D eigenvalue weighted by Crippen LogP contribution is -2.44. The highest BCUT2D eigenvalue weighted by molar-refractivity contribution is 8.00. The van der Waals surface area contributed by atoms with E-state index in [1.807, 2.05) is 16.7 Å². The minimum Gasteiger partial charge on any atom is -0.336 e. The lowest BCUT2D eigenvalue weighted by atomic mass is 10.2. The van der Waals surface area contributed by atoms with Crippen molar-refractivity contribution in [3.63, 3.8) is 0 Å². The Morgan fingerprint density at radius 2 is 2.00 bits per heavy atom. The van der Waals surface area contributed by atoms with E-state index in [1.54, 1.807) is 0 Å². The van der Waals surface area contributed by atoms with Crippen molar-refractivity contribution in [3.05, 3.63) is 28.0 Å². The second kappa shape index (κ2) is 5.68. The molecule has 0 bridgehead atoms. The van der Waals surface area contributed by atoms with Crippen LogP contribution in [0.1, 0.15) is 24.2 Å². The van der Waals surface area contributed by atoms with Crippen molar-refractivity contribution in [2.75, 3.05) is 13.1 Å². The van der Waals surface area contributed by atoms with Crippen LogP contribution in [-0.4, -0.2) is 39.4 Å². The molecule has 2 heterocycles. The van der Waals surface area contributed by atoms with E-state index in [4.69, 9.17) is 23.2 Å². The maximum absolute atomic E-state index is 12.4. The van der Waals surface area contributed by atoms with Gasteiger partial charge >= 0.3 is 0 Å². The first kappa shape index (κ1) is 14.0. The zero-order chi connectivity index (χ0) is 13.3. The number of pyridine rings is 1. The Balaban J connectivity index is 2.22. The maximum Gasteiger partial charge on any atom is 0.255 e. The second-order valence-corrected chi connectivity index (χ2v) is 7.13. The van der Waals surface area contributed by atoms with Gasteiger partial charge in [0.05, 0.1) is 10.6 Å². The Labute approximate surface area is 121 Å². The predicted molar refractivity (Wildman–Crippen MR) is 76.7 cm³/mol. The van der Waals surface area contributed by atoms with Crippen molar-refractivity contribution in [2.45, 2.75) is 24.3 Å². The number of carbonyl (C=O) groups excluding carboxylic acids is 1. The summed E-state index contributed by atoms with van der Waals surface area (Å²) in [6.07, 6.45) is 1.42. The first-order valence-corrected chi connectivity index (χ1v) is 7.43. The maximum atomic E-state index is 12.4. The summed E-state index contributed by atoms with van der Waals surface area (Å²) >= 11 is 13.7. The van der Waals surface area contributed by atoms with Crippen molar-refractivity contribution in [1.82, 2.24) is 9.88 Å². The lowest BCUT2D eigenvalue weighted by molar-refractivity contribution is 0.0753. The van der Waals surface area contributed by atoms with Gasteiger partial charge in [0.25, 0.3) is 5.91 Å². The van der Waals surface area contributed by atoms with Crippen LogP contribution in [0.5, 0.6) is 0 Å². The van der Waals surface area contributed by atoms with E-state index in [2.05, 4.69) is 18.8 Å². The molecule has 1 saturated heterocycles. The van der Waals surface area contributed by atoms with Gasteiger partial charge in [0.15, 0.2) is 0 Å². The van der Waals surface area contributed by atoms with Crippen molar-refractivity contribution < 1.29 is 4.79 Å². The Hall–Kier alpha value is -0.450. The molecule has 1 aromatic heterocycles. The molecule has 0 aliphatic carbocycles. The van der Waals surface area contributed by atoms with E-state index in [0.717, 1.165) is 13.1 Å². The molecule has 2 rings (SSSR count). The Bertz CT molecular complexity index is 459. The number of rotatable bonds is 1. The molecule has 0 spiro atoms. The van der Waals surface area contributed by atoms with Gasteiger partial charge in [0.2, 0.25) is 0 Å². The van der Waals surface area contributed by atoms with Crippen LogP contribution in [0.25, 0.3) is 0 Å². The third-order valence-electron chi connectivity index (χ3n) is 2.76. The molecule has 1 fully saturated rings. The van der Waals surface area contributed by atoms with Crippen molar-refractivity contribution in [1.29, 1.82) is 0 Å². The van der Waals surface area contributed by atoms with E-state index < -0.39 is 0 Å². The molecule has 2 unspecified atom stereocenters. The zero-order valence-electron chi connectivity index (χ0n) is 10.2. The van der Waals surface area contributed by atoms with Gasteiger partial charge < -0.3 is 4.90 Å². The Morgan fingerprint density at radius 3 is 2.61 bits per heavy atom. The van der Waals surface area contributed by atoms with Crippen LogP contribution in [0.2, 0.25) is 10.2 Å². The first-order chi connectivity index (χ1) is 8.47. The van der Waals surface area contributed by atoms with E-state index in [9.17, 15) is 4.79 Å². The quantitative estimate of drug-likeness (QED) is 0.746. The molecule has 0 N–H and O–H groups in total. The van der Waals surface area contributed by atoms with Crippen LogP contribution >= 0.6 is 35.0 Å². The number of carbonyl (C=O) groups is 1. The standard InChI is InChI=1S/C12H14Cl2N2OS/c1-7-5-16(6-8(2)18-7)12(17)9-3-11(14)15-4-10(9)13/h3-4,7-8H,5-6H2,1-2H3. The summed E-state index contributed by atoms with van der Waals surface area (Å²) in [5, 5.41) is 1.51. The van der Waals surface area contributed by atoms with Crippen LogP contribution in [0.4, 0.5) is 0 Å². The smallest absolute Gasteiger partial charge is 0.255 e. The normalized spacial score (nSPS) is 24.1. The molecule has 1 aliphatic rings. The van der Waals surface area contributed by atoms with Crippen molar-refractivity contribution in [2.24, 2.45) is 0 Å². The fourth-order valence-electron chi connectivity index (χ4n) is 2.09. The average molecular weight is 305 g/mol. The van der Waals surface area contributed by atoms with Gasteiger partial charge in [0, 0.05) is 29.8 Å². The van der Waals surface area contributed by atoms with Gasteiger partial charge in [-0.05, 0) is 6.07 Å². The molecule has 2 atom stereocenters. The highest BCUT2D eigenvalue weighted by Gasteiger charge is 2.27. The van der Waals surface area contributed by atoms with Gasteiger partial charge in [-0.2, -0.15) is 11.8 Å². The Morgan fingerprint density at radius 1 is 1.39 bits per heavy atom. The second-order valence-electron chi connectivity index (χ2n) is 4.45. The first-order valence-electron chi connectivity index (χ1n) is 5.73. The number of amides is 1. The number of halogens is 2. The highest BCUT2D eigenvalue weighted by atomic mass is 35.5. The monoisotopic (exact) mass is 304 g/mol. The molecule has 0 saturated carbocycles. The number of thioether (sulfide) groups is 1. The molecule has 0 aromatic carbocycles. The van der Waals surface area contributed by atoms with E-state index >= 15 is 0 Å². The summed E-state index contributed by atoms with van der Waals surface area (Å²) in [5.41, 5.74) is 0.433. The molecule has 1 aromatic rings. The highest BCUT2D eigenvalue weighted by Crippen LogP contribution is 2.27. The van der Waals surface area contributed by atoms with Crippen LogP contribution in [-0.2, 0) is 0 Å². The summed E-state index contributed by atoms with van der Waals surface area (Å²) < 4.78 is 0. The minimum absolute atomic E-state index is 0.0664. The largest absolute Gasteiger partial charge is 0.336 e. The van der Waals surface area contributed by atoms with Gasteiger partial charge in [-0.25, -0.2) is 4.98 Å². The molecule has 98 valence electrons. The summed E-state index contributed by atoms with van der Waals surface area (Å²) in [7, 11) is 0. The van der Waals surface area contributed by atoms with E-state index in [0.29, 0.717) is 21.1 Å². The van der Waals surface area contributed by atoms with Crippen LogP contribution in [0.3, 0.4) is 0 Å². The third kappa shape index (κ3) is 3.11. The summed E-state index contributed by atoms with van der Waals surface area (Å²) in [5.74, 6) is -0.0664. The molecule has 1 aliphatic heterocycles. The fourth-order valence-corrected chi connectivity index (χ4v) is 3.76. The molecule has 3 nitrogen and oxygen atoms in total. The van der Waals surface area contributed by atoms with E-state index in [1.165, 1.54) is 12.3 Å². The van der Waals surface area contributed by atoms with Gasteiger partial charge in [-0.3, -0.25) is 4.79 Å².